The summed E-state index contributed by atoms with van der Waals surface area (Å²) in [5.41, 5.74) is 0. The molecule has 6 heteroatoms. The van der Waals surface area contributed by atoms with E-state index in [9.17, 15) is 4.79 Å². The van der Waals surface area contributed by atoms with E-state index in [1.54, 1.807) is 0 Å². The first-order chi connectivity index (χ1) is 5.74. The van der Waals surface area contributed by atoms with Gasteiger partial charge in [-0.2, -0.15) is 0 Å². The molecule has 0 aliphatic carbocycles. The Bertz CT molecular complexity index is 218. The number of carbonyl (C=O) groups excluding carboxylic acids is 1. The maximum absolute atomic E-state index is 11.0. The van der Waals surface area contributed by atoms with Gasteiger partial charge in [0.15, 0.2) is 6.10 Å². The highest BCUT2D eigenvalue weighted by atomic mass is 35.7. The zero-order valence-electron chi connectivity index (χ0n) is 5.97. The van der Waals surface area contributed by atoms with Gasteiger partial charge in [-0.1, -0.05) is 6.58 Å². The van der Waals surface area contributed by atoms with E-state index in [1.807, 2.05) is 0 Å². The molecule has 0 saturated heterocycles. The van der Waals surface area contributed by atoms with Crippen LogP contribution < -0.4 is 0 Å². The second-order valence-electron chi connectivity index (χ2n) is 1.78. The minimum Gasteiger partial charge on any atom is -0.444 e. The van der Waals surface area contributed by atoms with Gasteiger partial charge in [-0.15, -0.1) is 0 Å². The number of halogens is 1. The van der Waals surface area contributed by atoms with Gasteiger partial charge in [-0.25, -0.2) is 4.79 Å². The summed E-state index contributed by atoms with van der Waals surface area (Å²) in [5.74, 6) is -0.558. The van der Waals surface area contributed by atoms with Gasteiger partial charge in [0.05, 0.1) is 12.5 Å². The van der Waals surface area contributed by atoms with Crippen LogP contribution in [0.15, 0.2) is 25.2 Å². The molecule has 1 rings (SSSR count). The first-order valence-corrected chi connectivity index (χ1v) is 5.10. The molecule has 12 heavy (non-hydrogen) atoms. The van der Waals surface area contributed by atoms with E-state index in [0.717, 1.165) is 6.26 Å². The largest absolute Gasteiger partial charge is 0.444 e. The van der Waals surface area contributed by atoms with Gasteiger partial charge in [0.1, 0.15) is 0 Å². The van der Waals surface area contributed by atoms with Gasteiger partial charge in [0, 0.05) is 0 Å². The third kappa shape index (κ3) is 2.48. The Morgan fingerprint density at radius 2 is 2.58 bits per heavy atom. The number of carbonyl (C=O) groups is 1. The quantitative estimate of drug-likeness (QED) is 0.396. The van der Waals surface area contributed by atoms with Crippen LogP contribution >= 0.6 is 19.0 Å². The topological polar surface area (TPSA) is 44.8 Å². The van der Waals surface area contributed by atoms with Crippen molar-refractivity contribution in [2.45, 2.75) is 6.10 Å². The standard InChI is InChI=1S/C6H6ClO4P/c1-2-9-6(8)5-3-4-10-12(7)11-5/h2-5H,1H2. The second-order valence-corrected chi connectivity index (χ2v) is 3.45. The van der Waals surface area contributed by atoms with E-state index in [1.165, 1.54) is 12.3 Å². The van der Waals surface area contributed by atoms with Crippen LogP contribution in [0.25, 0.3) is 0 Å². The summed E-state index contributed by atoms with van der Waals surface area (Å²) in [5, 5.41) is 0. The fourth-order valence-corrected chi connectivity index (χ4v) is 1.52. The van der Waals surface area contributed by atoms with Crippen molar-refractivity contribution in [2.75, 3.05) is 0 Å². The Labute approximate surface area is 75.4 Å². The van der Waals surface area contributed by atoms with Crippen LogP contribution in [0.2, 0.25) is 0 Å². The molecule has 66 valence electrons. The number of hydrogen-bond acceptors (Lipinski definition) is 4. The highest BCUT2D eigenvalue weighted by Crippen LogP contribution is 2.47. The molecule has 1 aliphatic rings. The lowest BCUT2D eigenvalue weighted by Crippen LogP contribution is -2.22. The van der Waals surface area contributed by atoms with E-state index in [-0.39, 0.29) is 0 Å². The van der Waals surface area contributed by atoms with Crippen molar-refractivity contribution in [3.8, 4) is 0 Å². The van der Waals surface area contributed by atoms with E-state index < -0.39 is 19.8 Å². The van der Waals surface area contributed by atoms with E-state index in [4.69, 9.17) is 20.3 Å². The summed E-state index contributed by atoms with van der Waals surface area (Å²) in [4.78, 5) is 11.0. The van der Waals surface area contributed by atoms with Crippen molar-refractivity contribution in [1.29, 1.82) is 0 Å². The molecule has 0 amide bonds. The molecular weight excluding hydrogens is 202 g/mol. The molecule has 0 radical (unpaired) electrons. The molecule has 1 aliphatic heterocycles. The summed E-state index contributed by atoms with van der Waals surface area (Å²) in [6, 6.07) is 0. The summed E-state index contributed by atoms with van der Waals surface area (Å²) in [7, 11) is -1.52. The van der Waals surface area contributed by atoms with Gasteiger partial charge < -0.3 is 9.26 Å². The van der Waals surface area contributed by atoms with Crippen LogP contribution in [0, 0.1) is 0 Å². The zero-order valence-corrected chi connectivity index (χ0v) is 7.63. The summed E-state index contributed by atoms with van der Waals surface area (Å²) < 4.78 is 14.1. The van der Waals surface area contributed by atoms with Crippen LogP contribution in [0.3, 0.4) is 0 Å². The smallest absolute Gasteiger partial charge is 0.344 e. The monoisotopic (exact) mass is 208 g/mol. The Hall–Kier alpha value is -0.570. The van der Waals surface area contributed by atoms with Crippen LogP contribution in [0.5, 0.6) is 0 Å². The molecule has 0 N–H and O–H groups in total. The first-order valence-electron chi connectivity index (χ1n) is 3.01. The van der Waals surface area contributed by atoms with Crippen molar-refractivity contribution in [2.24, 2.45) is 0 Å². The molecule has 0 aromatic rings. The summed E-state index contributed by atoms with van der Waals surface area (Å²) >= 11 is 5.49. The van der Waals surface area contributed by atoms with Gasteiger partial charge in [-0.3, -0.25) is 4.52 Å². The van der Waals surface area contributed by atoms with Crippen molar-refractivity contribution in [1.82, 2.24) is 0 Å². The van der Waals surface area contributed by atoms with Gasteiger partial charge in [0.2, 0.25) is 0 Å². The molecular formula is C6H6ClO4P. The minimum atomic E-state index is -1.52. The predicted octanol–water partition coefficient (Wildman–Crippen LogP) is 2.07. The van der Waals surface area contributed by atoms with Crippen molar-refractivity contribution < 1.29 is 18.6 Å². The van der Waals surface area contributed by atoms with Gasteiger partial charge >= 0.3 is 13.7 Å². The van der Waals surface area contributed by atoms with Crippen molar-refractivity contribution in [3.05, 3.63) is 25.2 Å². The molecule has 1 heterocycles. The van der Waals surface area contributed by atoms with Crippen molar-refractivity contribution in [3.63, 3.8) is 0 Å². The molecule has 0 fully saturated rings. The number of rotatable bonds is 2. The SMILES string of the molecule is C=COC(=O)C1C=COP(Cl)O1. The van der Waals surface area contributed by atoms with Crippen LogP contribution in [0.1, 0.15) is 0 Å². The lowest BCUT2D eigenvalue weighted by atomic mass is 10.3. The van der Waals surface area contributed by atoms with Gasteiger partial charge in [0.25, 0.3) is 0 Å². The summed E-state index contributed by atoms with van der Waals surface area (Å²) in [6.07, 6.45) is 2.97. The van der Waals surface area contributed by atoms with E-state index >= 15 is 0 Å². The lowest BCUT2D eigenvalue weighted by molar-refractivity contribution is -0.144. The van der Waals surface area contributed by atoms with Crippen LogP contribution in [-0.2, 0) is 18.6 Å². The number of esters is 1. The number of ether oxygens (including phenoxy) is 1. The Kier molecular flexibility index (Phi) is 3.53. The maximum atomic E-state index is 11.0. The minimum absolute atomic E-state index is 0.558. The highest BCUT2D eigenvalue weighted by Gasteiger charge is 2.25. The second kappa shape index (κ2) is 4.45. The highest BCUT2D eigenvalue weighted by molar-refractivity contribution is 7.76. The van der Waals surface area contributed by atoms with Crippen LogP contribution in [-0.4, -0.2) is 12.1 Å². The Morgan fingerprint density at radius 1 is 1.83 bits per heavy atom. The molecule has 2 unspecified atom stereocenters. The predicted molar refractivity (Wildman–Crippen MR) is 44.2 cm³/mol. The Morgan fingerprint density at radius 3 is 3.17 bits per heavy atom. The van der Waals surface area contributed by atoms with Crippen molar-refractivity contribution >= 4 is 24.9 Å². The average Bonchev–Trinajstić information content (AvgIpc) is 2.05. The molecule has 0 aromatic heterocycles. The summed E-state index contributed by atoms with van der Waals surface area (Å²) in [6.45, 7) is 3.23. The molecule has 2 atom stereocenters. The average molecular weight is 209 g/mol. The molecule has 0 aromatic carbocycles. The molecule has 0 bridgehead atoms. The van der Waals surface area contributed by atoms with E-state index in [0.29, 0.717) is 0 Å². The third-order valence-corrected chi connectivity index (χ3v) is 2.18. The molecule has 0 saturated carbocycles. The fraction of sp³-hybridized carbons (Fsp3) is 0.167. The maximum Gasteiger partial charge on any atom is 0.344 e. The lowest BCUT2D eigenvalue weighted by Gasteiger charge is -2.17. The zero-order chi connectivity index (χ0) is 8.97. The third-order valence-electron chi connectivity index (χ3n) is 1.03. The Balaban J connectivity index is 2.51. The fourth-order valence-electron chi connectivity index (χ4n) is 0.574. The normalized spacial score (nSPS) is 27.4. The number of hydrogen-bond donors (Lipinski definition) is 0. The molecule has 4 nitrogen and oxygen atoms in total. The van der Waals surface area contributed by atoms with Gasteiger partial charge in [-0.05, 0) is 17.3 Å². The van der Waals surface area contributed by atoms with E-state index in [2.05, 4.69) is 11.3 Å². The van der Waals surface area contributed by atoms with Crippen LogP contribution in [0.4, 0.5) is 0 Å². The first kappa shape index (κ1) is 9.52. The molecule has 0 spiro atoms.